The maximum atomic E-state index is 13.5. The number of nitrogens with one attached hydrogen (secondary N) is 1. The molecule has 2 amide bonds. The summed E-state index contributed by atoms with van der Waals surface area (Å²) in [6.07, 6.45) is -0.00776. The van der Waals surface area contributed by atoms with E-state index < -0.39 is 23.2 Å². The van der Waals surface area contributed by atoms with Crippen molar-refractivity contribution in [3.63, 3.8) is 0 Å². The highest BCUT2D eigenvalue weighted by molar-refractivity contribution is 5.95. The van der Waals surface area contributed by atoms with E-state index in [0.717, 1.165) is 5.56 Å². The van der Waals surface area contributed by atoms with E-state index in [-0.39, 0.29) is 12.0 Å². The number of aryl methyl sites for hydroxylation is 1. The molecule has 0 saturated heterocycles. The number of benzene rings is 1. The second-order valence-corrected chi connectivity index (χ2v) is 4.96. The highest BCUT2D eigenvalue weighted by Crippen LogP contribution is 2.13. The van der Waals surface area contributed by atoms with Crippen molar-refractivity contribution in [3.05, 3.63) is 35.1 Å². The van der Waals surface area contributed by atoms with Crippen molar-refractivity contribution in [2.45, 2.75) is 32.7 Å². The van der Waals surface area contributed by atoms with Crippen molar-refractivity contribution in [2.75, 3.05) is 0 Å². The number of halogens is 1. The molecule has 0 aliphatic heterocycles. The van der Waals surface area contributed by atoms with Crippen molar-refractivity contribution in [1.29, 1.82) is 0 Å². The summed E-state index contributed by atoms with van der Waals surface area (Å²) in [4.78, 5) is 22.8. The molecule has 0 saturated carbocycles. The summed E-state index contributed by atoms with van der Waals surface area (Å²) in [6.45, 7) is 5.08. The molecule has 4 nitrogen and oxygen atoms in total. The van der Waals surface area contributed by atoms with Crippen molar-refractivity contribution < 1.29 is 14.0 Å². The largest absolute Gasteiger partial charge is 0.370 e. The number of nitrogens with two attached hydrogens (primary N) is 1. The molecule has 0 aromatic heterocycles. The number of carbonyl (C=O) groups is 2. The van der Waals surface area contributed by atoms with E-state index in [9.17, 15) is 14.0 Å². The summed E-state index contributed by atoms with van der Waals surface area (Å²) in [7, 11) is 0. The van der Waals surface area contributed by atoms with Crippen LogP contribution < -0.4 is 11.1 Å². The number of rotatable bonds is 4. The van der Waals surface area contributed by atoms with Crippen LogP contribution in [0.4, 0.5) is 4.39 Å². The van der Waals surface area contributed by atoms with Gasteiger partial charge in [0.15, 0.2) is 0 Å². The van der Waals surface area contributed by atoms with E-state index in [2.05, 4.69) is 5.32 Å². The van der Waals surface area contributed by atoms with Crippen LogP contribution in [-0.4, -0.2) is 17.4 Å². The third-order valence-corrected chi connectivity index (χ3v) is 2.43. The summed E-state index contributed by atoms with van der Waals surface area (Å²) in [5.41, 5.74) is 5.03. The Morgan fingerprint density at radius 3 is 2.56 bits per heavy atom. The van der Waals surface area contributed by atoms with Gasteiger partial charge in [-0.15, -0.1) is 0 Å². The maximum Gasteiger partial charge on any atom is 0.254 e. The molecule has 1 aromatic carbocycles. The zero-order valence-corrected chi connectivity index (χ0v) is 10.7. The lowest BCUT2D eigenvalue weighted by Gasteiger charge is -2.24. The van der Waals surface area contributed by atoms with Crippen LogP contribution >= 0.6 is 0 Å². The Balaban J connectivity index is 2.88. The van der Waals surface area contributed by atoms with Gasteiger partial charge in [0.05, 0.1) is 5.56 Å². The molecule has 1 aromatic rings. The number of hydrogen-bond acceptors (Lipinski definition) is 2. The first kappa shape index (κ1) is 14.2. The molecule has 18 heavy (non-hydrogen) atoms. The summed E-state index contributed by atoms with van der Waals surface area (Å²) in [5.74, 6) is -1.67. The van der Waals surface area contributed by atoms with Crippen molar-refractivity contribution in [1.82, 2.24) is 5.32 Å². The zero-order chi connectivity index (χ0) is 13.9. The van der Waals surface area contributed by atoms with Crippen molar-refractivity contribution >= 4 is 11.8 Å². The minimum absolute atomic E-state index is 0.00776. The SMILES string of the molecule is Cc1ccc(F)c(C(=O)NC(C)(C)CC(N)=O)c1. The topological polar surface area (TPSA) is 72.2 Å². The Bertz CT molecular complexity index is 484. The van der Waals surface area contributed by atoms with Gasteiger partial charge in [-0.25, -0.2) is 4.39 Å². The van der Waals surface area contributed by atoms with Crippen molar-refractivity contribution in [3.8, 4) is 0 Å². The van der Waals surface area contributed by atoms with Crippen LogP contribution in [0, 0.1) is 12.7 Å². The normalized spacial score (nSPS) is 11.1. The predicted molar refractivity (Wildman–Crippen MR) is 66.5 cm³/mol. The molecule has 0 aliphatic carbocycles. The second-order valence-electron chi connectivity index (χ2n) is 4.96. The predicted octanol–water partition coefficient (Wildman–Crippen LogP) is 1.52. The van der Waals surface area contributed by atoms with Crippen LogP contribution in [0.15, 0.2) is 18.2 Å². The van der Waals surface area contributed by atoms with Gasteiger partial charge in [0.25, 0.3) is 5.91 Å². The molecule has 0 heterocycles. The Labute approximate surface area is 105 Å². The van der Waals surface area contributed by atoms with Crippen LogP contribution in [0.2, 0.25) is 0 Å². The van der Waals surface area contributed by atoms with Crippen molar-refractivity contribution in [2.24, 2.45) is 5.73 Å². The van der Waals surface area contributed by atoms with Crippen LogP contribution in [0.25, 0.3) is 0 Å². The minimum atomic E-state index is -0.806. The van der Waals surface area contributed by atoms with E-state index in [4.69, 9.17) is 5.73 Å². The first-order chi connectivity index (χ1) is 8.21. The standard InChI is InChI=1S/C13H17FN2O2/c1-8-4-5-10(14)9(6-8)12(18)16-13(2,3)7-11(15)17/h4-6H,7H2,1-3H3,(H2,15,17)(H,16,18). The zero-order valence-electron chi connectivity index (χ0n) is 10.7. The summed E-state index contributed by atoms with van der Waals surface area (Å²) in [5, 5.41) is 2.59. The first-order valence-electron chi connectivity index (χ1n) is 5.58. The average molecular weight is 252 g/mol. The molecule has 0 radical (unpaired) electrons. The van der Waals surface area contributed by atoms with E-state index in [1.807, 2.05) is 0 Å². The van der Waals surface area contributed by atoms with Gasteiger partial charge in [-0.2, -0.15) is 0 Å². The van der Waals surface area contributed by atoms with Gasteiger partial charge in [-0.05, 0) is 32.9 Å². The van der Waals surface area contributed by atoms with Gasteiger partial charge in [-0.3, -0.25) is 9.59 Å². The average Bonchev–Trinajstić information content (AvgIpc) is 2.18. The van der Waals surface area contributed by atoms with Crippen LogP contribution in [0.3, 0.4) is 0 Å². The molecular weight excluding hydrogens is 235 g/mol. The molecule has 0 bridgehead atoms. The summed E-state index contributed by atoms with van der Waals surface area (Å²) >= 11 is 0. The Morgan fingerprint density at radius 2 is 2.00 bits per heavy atom. The minimum Gasteiger partial charge on any atom is -0.370 e. The van der Waals surface area contributed by atoms with Gasteiger partial charge in [0, 0.05) is 12.0 Å². The first-order valence-corrected chi connectivity index (χ1v) is 5.58. The Kier molecular flexibility index (Phi) is 4.06. The molecule has 0 fully saturated rings. The fourth-order valence-electron chi connectivity index (χ4n) is 1.67. The highest BCUT2D eigenvalue weighted by atomic mass is 19.1. The van der Waals surface area contributed by atoms with Crippen LogP contribution in [-0.2, 0) is 4.79 Å². The van der Waals surface area contributed by atoms with Crippen LogP contribution in [0.1, 0.15) is 36.2 Å². The second kappa shape index (κ2) is 5.16. The smallest absolute Gasteiger partial charge is 0.254 e. The van der Waals surface area contributed by atoms with Gasteiger partial charge in [0.1, 0.15) is 5.82 Å². The summed E-state index contributed by atoms with van der Waals surface area (Å²) in [6, 6.07) is 4.29. The molecule has 1 rings (SSSR count). The van der Waals surface area contributed by atoms with Gasteiger partial charge < -0.3 is 11.1 Å². The Hall–Kier alpha value is -1.91. The molecule has 0 atom stereocenters. The lowest BCUT2D eigenvalue weighted by atomic mass is 9.99. The number of amides is 2. The third kappa shape index (κ3) is 3.84. The van der Waals surface area contributed by atoms with E-state index in [1.165, 1.54) is 12.1 Å². The maximum absolute atomic E-state index is 13.5. The lowest BCUT2D eigenvalue weighted by Crippen LogP contribution is -2.46. The number of primary amides is 1. The molecular formula is C13H17FN2O2. The lowest BCUT2D eigenvalue weighted by molar-refractivity contribution is -0.119. The monoisotopic (exact) mass is 252 g/mol. The Morgan fingerprint density at radius 1 is 1.39 bits per heavy atom. The molecule has 3 N–H and O–H groups in total. The molecule has 0 spiro atoms. The van der Waals surface area contributed by atoms with E-state index in [0.29, 0.717) is 0 Å². The number of hydrogen-bond donors (Lipinski definition) is 2. The van der Waals surface area contributed by atoms with E-state index >= 15 is 0 Å². The van der Waals surface area contributed by atoms with Gasteiger partial charge >= 0.3 is 0 Å². The molecule has 0 unspecified atom stereocenters. The number of carbonyl (C=O) groups excluding carboxylic acids is 2. The van der Waals surface area contributed by atoms with E-state index in [1.54, 1.807) is 26.8 Å². The molecule has 5 heteroatoms. The fourth-order valence-corrected chi connectivity index (χ4v) is 1.67. The van der Waals surface area contributed by atoms with Crippen LogP contribution in [0.5, 0.6) is 0 Å². The third-order valence-electron chi connectivity index (χ3n) is 2.43. The fraction of sp³-hybridized carbons (Fsp3) is 0.385. The van der Waals surface area contributed by atoms with Gasteiger partial charge in [-0.1, -0.05) is 11.6 Å². The summed E-state index contributed by atoms with van der Waals surface area (Å²) < 4.78 is 13.5. The molecule has 0 aliphatic rings. The quantitative estimate of drug-likeness (QED) is 0.852. The highest BCUT2D eigenvalue weighted by Gasteiger charge is 2.24. The molecule has 98 valence electrons. The van der Waals surface area contributed by atoms with Gasteiger partial charge in [0.2, 0.25) is 5.91 Å².